The maximum atomic E-state index is 13.5. The Balaban J connectivity index is 1.48. The third kappa shape index (κ3) is 6.19. The molecule has 1 aliphatic rings. The van der Waals surface area contributed by atoms with Crippen LogP contribution in [0.4, 0.5) is 29.3 Å². The molecule has 0 saturated carbocycles. The van der Waals surface area contributed by atoms with Gasteiger partial charge in [-0.25, -0.2) is 9.78 Å². The predicted molar refractivity (Wildman–Crippen MR) is 140 cm³/mol. The summed E-state index contributed by atoms with van der Waals surface area (Å²) < 4.78 is 51.7. The van der Waals surface area contributed by atoms with Crippen molar-refractivity contribution in [2.45, 2.75) is 25.6 Å². The average molecular weight is 529 g/mol. The minimum atomic E-state index is -4.60. The van der Waals surface area contributed by atoms with Crippen molar-refractivity contribution in [3.05, 3.63) is 77.5 Å². The van der Waals surface area contributed by atoms with Crippen LogP contribution in [0.25, 0.3) is 0 Å². The van der Waals surface area contributed by atoms with Gasteiger partial charge in [-0.1, -0.05) is 37.3 Å². The van der Waals surface area contributed by atoms with Crippen molar-refractivity contribution in [3.63, 3.8) is 0 Å². The van der Waals surface area contributed by atoms with Gasteiger partial charge in [0.25, 0.3) is 0 Å². The van der Waals surface area contributed by atoms with E-state index in [0.717, 1.165) is 18.2 Å². The number of carbonyl (C=O) groups is 1. The summed E-state index contributed by atoms with van der Waals surface area (Å²) in [5.74, 6) is 0.312. The van der Waals surface area contributed by atoms with Crippen molar-refractivity contribution in [2.75, 3.05) is 44.5 Å². The highest BCUT2D eigenvalue weighted by atomic mass is 19.4. The van der Waals surface area contributed by atoms with Crippen molar-refractivity contribution < 1.29 is 27.4 Å². The van der Waals surface area contributed by atoms with E-state index in [1.165, 1.54) is 24.3 Å². The van der Waals surface area contributed by atoms with Crippen LogP contribution >= 0.6 is 0 Å². The number of ether oxygens (including phenoxy) is 2. The van der Waals surface area contributed by atoms with E-state index in [1.807, 2.05) is 44.4 Å². The SMILES string of the molecule is COc1cc2c(cc1C(F)(F)F)N(C(=O)Nc1ccc(OC(c3ccccc3)C(C)CN(C)C)nc1)CC2. The van der Waals surface area contributed by atoms with Gasteiger partial charge in [-0.3, -0.25) is 4.90 Å². The van der Waals surface area contributed by atoms with Gasteiger partial charge in [-0.05, 0) is 49.8 Å². The van der Waals surface area contributed by atoms with E-state index in [1.54, 1.807) is 12.1 Å². The molecule has 2 aromatic carbocycles. The van der Waals surface area contributed by atoms with E-state index >= 15 is 0 Å². The van der Waals surface area contributed by atoms with Crippen LogP contribution in [0.1, 0.15) is 29.7 Å². The molecule has 0 radical (unpaired) electrons. The summed E-state index contributed by atoms with van der Waals surface area (Å²) in [5, 5.41) is 2.72. The van der Waals surface area contributed by atoms with Gasteiger partial charge in [0.05, 0.1) is 24.6 Å². The van der Waals surface area contributed by atoms with Crippen molar-refractivity contribution in [1.29, 1.82) is 0 Å². The number of rotatable bonds is 8. The number of amides is 2. The molecule has 202 valence electrons. The van der Waals surface area contributed by atoms with E-state index in [2.05, 4.69) is 22.1 Å². The largest absolute Gasteiger partial charge is 0.496 e. The molecule has 0 bridgehead atoms. The Hall–Kier alpha value is -3.79. The first-order valence-corrected chi connectivity index (χ1v) is 12.3. The monoisotopic (exact) mass is 528 g/mol. The number of nitrogens with zero attached hydrogens (tertiary/aromatic N) is 3. The molecule has 1 N–H and O–H groups in total. The Morgan fingerprint density at radius 2 is 1.89 bits per heavy atom. The van der Waals surface area contributed by atoms with Crippen molar-refractivity contribution >= 4 is 17.4 Å². The first kappa shape index (κ1) is 27.3. The molecular formula is C28H31F3N4O3. The molecule has 7 nitrogen and oxygen atoms in total. The molecule has 0 aliphatic carbocycles. The second-order valence-corrected chi connectivity index (χ2v) is 9.58. The number of pyridine rings is 1. The lowest BCUT2D eigenvalue weighted by Crippen LogP contribution is -2.33. The molecule has 4 rings (SSSR count). The molecule has 0 fully saturated rings. The van der Waals surface area contributed by atoms with Gasteiger partial charge in [-0.2, -0.15) is 13.2 Å². The molecule has 1 aliphatic heterocycles. The van der Waals surface area contributed by atoms with Gasteiger partial charge in [0.15, 0.2) is 0 Å². The van der Waals surface area contributed by atoms with Crippen LogP contribution in [0, 0.1) is 5.92 Å². The third-order valence-corrected chi connectivity index (χ3v) is 6.38. The van der Waals surface area contributed by atoms with Crippen LogP contribution < -0.4 is 19.7 Å². The standard InChI is InChI=1S/C28H31F3N4O3/c1-18(17-34(2)3)26(19-8-6-5-7-9-19)38-25-11-10-21(16-32-25)33-27(36)35-13-12-20-14-24(37-4)22(15-23(20)35)28(29,30)31/h5-11,14-16,18,26H,12-13,17H2,1-4H3,(H,33,36). The van der Waals surface area contributed by atoms with E-state index < -0.39 is 17.8 Å². The number of hydrogen-bond acceptors (Lipinski definition) is 5. The number of benzene rings is 2. The van der Waals surface area contributed by atoms with E-state index in [0.29, 0.717) is 23.6 Å². The van der Waals surface area contributed by atoms with Gasteiger partial charge >= 0.3 is 12.2 Å². The molecule has 0 saturated heterocycles. The van der Waals surface area contributed by atoms with Gasteiger partial charge < -0.3 is 19.7 Å². The molecule has 3 aromatic rings. The lowest BCUT2D eigenvalue weighted by Gasteiger charge is -2.27. The normalized spacial score (nSPS) is 14.7. The van der Waals surface area contributed by atoms with Crippen molar-refractivity contribution in [1.82, 2.24) is 9.88 Å². The first-order chi connectivity index (χ1) is 18.1. The zero-order valence-electron chi connectivity index (χ0n) is 21.7. The summed E-state index contributed by atoms with van der Waals surface area (Å²) in [4.78, 5) is 20.7. The Kier molecular flexibility index (Phi) is 8.11. The lowest BCUT2D eigenvalue weighted by atomic mass is 9.97. The van der Waals surface area contributed by atoms with Gasteiger partial charge in [0, 0.05) is 30.8 Å². The van der Waals surface area contributed by atoms with Crippen molar-refractivity contribution in [3.8, 4) is 11.6 Å². The van der Waals surface area contributed by atoms with E-state index in [4.69, 9.17) is 9.47 Å². The molecular weight excluding hydrogens is 497 g/mol. The van der Waals surface area contributed by atoms with Gasteiger partial charge in [-0.15, -0.1) is 0 Å². The highest BCUT2D eigenvalue weighted by molar-refractivity contribution is 6.03. The van der Waals surface area contributed by atoms with E-state index in [-0.39, 0.29) is 30.0 Å². The minimum Gasteiger partial charge on any atom is -0.496 e. The maximum Gasteiger partial charge on any atom is 0.420 e. The molecule has 2 heterocycles. The quantitative estimate of drug-likeness (QED) is 0.387. The highest BCUT2D eigenvalue weighted by Crippen LogP contribution is 2.42. The van der Waals surface area contributed by atoms with Crippen LogP contribution in [-0.2, 0) is 12.6 Å². The molecule has 2 atom stereocenters. The molecule has 2 amide bonds. The lowest BCUT2D eigenvalue weighted by molar-refractivity contribution is -0.138. The number of methoxy groups -OCH3 is 1. The topological polar surface area (TPSA) is 66.9 Å². The number of anilines is 2. The summed E-state index contributed by atoms with van der Waals surface area (Å²) in [7, 11) is 5.21. The number of hydrogen-bond donors (Lipinski definition) is 1. The van der Waals surface area contributed by atoms with Crippen LogP contribution in [0.5, 0.6) is 11.6 Å². The Bertz CT molecular complexity index is 1250. The number of urea groups is 1. The fraction of sp³-hybridized carbons (Fsp3) is 0.357. The summed E-state index contributed by atoms with van der Waals surface area (Å²) in [5.41, 5.74) is 1.34. The maximum absolute atomic E-state index is 13.5. The average Bonchev–Trinajstić information content (AvgIpc) is 3.30. The Labute approximate surface area is 220 Å². The molecule has 38 heavy (non-hydrogen) atoms. The second-order valence-electron chi connectivity index (χ2n) is 9.58. The summed E-state index contributed by atoms with van der Waals surface area (Å²) >= 11 is 0. The number of carbonyl (C=O) groups excluding carboxylic acids is 1. The Morgan fingerprint density at radius 1 is 1.16 bits per heavy atom. The molecule has 1 aromatic heterocycles. The summed E-state index contributed by atoms with van der Waals surface area (Å²) in [6.45, 7) is 3.18. The zero-order valence-corrected chi connectivity index (χ0v) is 21.7. The van der Waals surface area contributed by atoms with Crippen LogP contribution in [-0.4, -0.2) is 50.2 Å². The smallest absolute Gasteiger partial charge is 0.420 e. The van der Waals surface area contributed by atoms with Gasteiger partial charge in [0.1, 0.15) is 11.9 Å². The summed E-state index contributed by atoms with van der Waals surface area (Å²) in [6, 6.07) is 15.0. The van der Waals surface area contributed by atoms with Gasteiger partial charge in [0.2, 0.25) is 5.88 Å². The Morgan fingerprint density at radius 3 is 2.50 bits per heavy atom. The second kappa shape index (κ2) is 11.3. The zero-order chi connectivity index (χ0) is 27.4. The van der Waals surface area contributed by atoms with Crippen LogP contribution in [0.15, 0.2) is 60.8 Å². The van der Waals surface area contributed by atoms with E-state index in [9.17, 15) is 18.0 Å². The van der Waals surface area contributed by atoms with Crippen molar-refractivity contribution in [2.24, 2.45) is 5.92 Å². The number of alkyl halides is 3. The number of nitrogens with one attached hydrogen (secondary N) is 1. The number of fused-ring (bicyclic) bond motifs is 1. The minimum absolute atomic E-state index is 0.170. The third-order valence-electron chi connectivity index (χ3n) is 6.38. The number of halogens is 3. The fourth-order valence-electron chi connectivity index (χ4n) is 4.69. The fourth-order valence-corrected chi connectivity index (χ4v) is 4.69. The van der Waals surface area contributed by atoms with Crippen LogP contribution in [0.2, 0.25) is 0 Å². The highest BCUT2D eigenvalue weighted by Gasteiger charge is 2.37. The summed E-state index contributed by atoms with van der Waals surface area (Å²) in [6.07, 6.45) is -2.94. The van der Waals surface area contributed by atoms with Crippen LogP contribution in [0.3, 0.4) is 0 Å². The first-order valence-electron chi connectivity index (χ1n) is 12.3. The molecule has 0 spiro atoms. The predicted octanol–water partition coefficient (Wildman–Crippen LogP) is 6.02. The molecule has 2 unspecified atom stereocenters. The molecule has 10 heteroatoms. The number of aromatic nitrogens is 1.